The largest absolute Gasteiger partial charge is 0.474 e. The van der Waals surface area contributed by atoms with Crippen molar-refractivity contribution >= 4 is 27.5 Å². The molecule has 29 heavy (non-hydrogen) atoms. The summed E-state index contributed by atoms with van der Waals surface area (Å²) in [4.78, 5) is 20.7. The number of nitrogens with one attached hydrogen (secondary N) is 1. The monoisotopic (exact) mass is 422 g/mol. The van der Waals surface area contributed by atoms with E-state index in [9.17, 15) is 4.79 Å². The van der Waals surface area contributed by atoms with Crippen molar-refractivity contribution in [1.29, 1.82) is 0 Å². The summed E-state index contributed by atoms with van der Waals surface area (Å²) < 4.78 is 6.27. The molecule has 0 atom stereocenters. The molecule has 164 valence electrons. The van der Waals surface area contributed by atoms with Gasteiger partial charge in [-0.25, -0.2) is 9.97 Å². The number of hydrogen-bond acceptors (Lipinski definition) is 6. The summed E-state index contributed by atoms with van der Waals surface area (Å²) in [6, 6.07) is 0.653. The molecule has 2 aromatic rings. The van der Waals surface area contributed by atoms with Gasteiger partial charge < -0.3 is 15.8 Å². The van der Waals surface area contributed by atoms with Crippen molar-refractivity contribution < 1.29 is 9.53 Å². The van der Waals surface area contributed by atoms with Crippen LogP contribution in [0.1, 0.15) is 77.2 Å². The second kappa shape index (κ2) is 13.5. The van der Waals surface area contributed by atoms with Crippen LogP contribution in [0.5, 0.6) is 5.88 Å². The van der Waals surface area contributed by atoms with E-state index in [1.807, 2.05) is 39.0 Å². The number of amides is 1. The van der Waals surface area contributed by atoms with Gasteiger partial charge in [-0.05, 0) is 57.6 Å². The molecule has 1 amide bonds. The van der Waals surface area contributed by atoms with E-state index in [1.165, 1.54) is 48.4 Å². The molecule has 3 N–H and O–H groups in total. The summed E-state index contributed by atoms with van der Waals surface area (Å²) in [6.45, 7) is 9.31. The average Bonchev–Trinajstić information content (AvgIpc) is 3.33. The van der Waals surface area contributed by atoms with Gasteiger partial charge in [-0.3, -0.25) is 4.79 Å². The lowest BCUT2D eigenvalue weighted by atomic mass is 9.93. The van der Waals surface area contributed by atoms with E-state index >= 15 is 0 Å². The molecule has 0 radical (unpaired) electrons. The number of nitrogens with zero attached hydrogens (tertiary/aromatic N) is 2. The number of aromatic nitrogens is 2. The minimum atomic E-state index is -0.333. The number of ether oxygens (including phenoxy) is 1. The Kier molecular flexibility index (Phi) is 11.8. The fourth-order valence-electron chi connectivity index (χ4n) is 3.62. The van der Waals surface area contributed by atoms with Crippen LogP contribution in [0.15, 0.2) is 6.33 Å². The molecule has 0 bridgehead atoms. The third-order valence-corrected chi connectivity index (χ3v) is 6.03. The number of hydrogen-bond donors (Lipinski definition) is 2. The first-order valence-corrected chi connectivity index (χ1v) is 11.7. The molecule has 2 aliphatic rings. The van der Waals surface area contributed by atoms with E-state index in [4.69, 9.17) is 4.74 Å². The van der Waals surface area contributed by atoms with Crippen molar-refractivity contribution in [2.75, 3.05) is 7.05 Å². The maximum absolute atomic E-state index is 9.22. The SMILES string of the molecule is CC.CC.CC(N)=O.CNC1CCC(Oc2ncnc3sc4c(c23)CCC4)CC1. The van der Waals surface area contributed by atoms with E-state index in [-0.39, 0.29) is 5.91 Å². The second-order valence-electron chi connectivity index (χ2n) is 6.71. The fraction of sp³-hybridized carbons (Fsp3) is 0.682. The highest BCUT2D eigenvalue weighted by atomic mass is 32.1. The second-order valence-corrected chi connectivity index (χ2v) is 7.79. The molecule has 2 aliphatic carbocycles. The Hall–Kier alpha value is -1.73. The number of rotatable bonds is 3. The van der Waals surface area contributed by atoms with Gasteiger partial charge >= 0.3 is 0 Å². The summed E-state index contributed by atoms with van der Waals surface area (Å²) in [5.41, 5.74) is 5.93. The molecule has 0 saturated heterocycles. The van der Waals surface area contributed by atoms with Crippen molar-refractivity contribution in [3.63, 3.8) is 0 Å². The number of aryl methyl sites for hydroxylation is 2. The van der Waals surface area contributed by atoms with Crippen LogP contribution >= 0.6 is 11.3 Å². The lowest BCUT2D eigenvalue weighted by molar-refractivity contribution is -0.115. The van der Waals surface area contributed by atoms with E-state index < -0.39 is 0 Å². The Balaban J connectivity index is 0.000000463. The summed E-state index contributed by atoms with van der Waals surface area (Å²) in [6.07, 6.45) is 10.2. The number of carbonyl (C=O) groups excluding carboxylic acids is 1. The normalized spacial score (nSPS) is 19.5. The van der Waals surface area contributed by atoms with Crippen LogP contribution in [0.4, 0.5) is 0 Å². The van der Waals surface area contributed by atoms with Crippen LogP contribution in [0.25, 0.3) is 10.2 Å². The number of carbonyl (C=O) groups is 1. The highest BCUT2D eigenvalue weighted by molar-refractivity contribution is 7.18. The van der Waals surface area contributed by atoms with Gasteiger partial charge in [0.15, 0.2) is 0 Å². The van der Waals surface area contributed by atoms with Gasteiger partial charge in [0.1, 0.15) is 17.3 Å². The molecule has 1 fully saturated rings. The third-order valence-electron chi connectivity index (χ3n) is 4.83. The van der Waals surface area contributed by atoms with Crippen LogP contribution in [-0.2, 0) is 17.6 Å². The first kappa shape index (κ1) is 25.3. The van der Waals surface area contributed by atoms with E-state index in [2.05, 4.69) is 28.1 Å². The molecule has 4 rings (SSSR count). The Bertz CT molecular complexity index is 736. The van der Waals surface area contributed by atoms with Gasteiger partial charge in [-0.2, -0.15) is 0 Å². The first-order valence-electron chi connectivity index (χ1n) is 10.9. The quantitative estimate of drug-likeness (QED) is 0.752. The van der Waals surface area contributed by atoms with Gasteiger partial charge in [0.05, 0.1) is 5.39 Å². The summed E-state index contributed by atoms with van der Waals surface area (Å²) in [5.74, 6) is 0.493. The molecule has 0 spiro atoms. The fourth-order valence-corrected chi connectivity index (χ4v) is 4.84. The maximum atomic E-state index is 9.22. The lowest BCUT2D eigenvalue weighted by Crippen LogP contribution is -2.34. The third kappa shape index (κ3) is 7.23. The molecular weight excluding hydrogens is 384 g/mol. The molecule has 0 aromatic carbocycles. The number of nitrogens with two attached hydrogens (primary N) is 1. The average molecular weight is 423 g/mol. The summed E-state index contributed by atoms with van der Waals surface area (Å²) in [5, 5.41) is 4.57. The predicted molar refractivity (Wildman–Crippen MR) is 123 cm³/mol. The summed E-state index contributed by atoms with van der Waals surface area (Å²) in [7, 11) is 2.05. The summed E-state index contributed by atoms with van der Waals surface area (Å²) >= 11 is 1.83. The predicted octanol–water partition coefficient (Wildman–Crippen LogP) is 4.63. The minimum absolute atomic E-state index is 0.310. The Labute approximate surface area is 179 Å². The smallest absolute Gasteiger partial charge is 0.225 e. The van der Waals surface area contributed by atoms with Crippen molar-refractivity contribution in [3.05, 3.63) is 16.8 Å². The zero-order valence-electron chi connectivity index (χ0n) is 18.9. The zero-order chi connectivity index (χ0) is 21.8. The molecule has 0 aliphatic heterocycles. The molecule has 6 nitrogen and oxygen atoms in total. The molecule has 7 heteroatoms. The van der Waals surface area contributed by atoms with Gasteiger partial charge in [0.2, 0.25) is 11.8 Å². The minimum Gasteiger partial charge on any atom is -0.474 e. The highest BCUT2D eigenvalue weighted by Gasteiger charge is 2.25. The zero-order valence-corrected chi connectivity index (χ0v) is 19.7. The van der Waals surface area contributed by atoms with Crippen LogP contribution in [0.3, 0.4) is 0 Å². The van der Waals surface area contributed by atoms with Crippen LogP contribution in [-0.4, -0.2) is 35.1 Å². The molecule has 1 saturated carbocycles. The van der Waals surface area contributed by atoms with E-state index in [0.29, 0.717) is 12.1 Å². The Morgan fingerprint density at radius 2 is 1.76 bits per heavy atom. The van der Waals surface area contributed by atoms with E-state index in [1.54, 1.807) is 6.33 Å². The standard InChI is InChI=1S/C16H21N3OS.C2H5NO.2C2H6/c1-17-10-5-7-11(8-6-10)20-15-14-12-3-2-4-13(12)21-16(14)19-9-18-15;1-2(3)4;2*1-2/h9-11,17H,2-8H2,1H3;1H3,(H2,3,4);2*1-2H3. The van der Waals surface area contributed by atoms with Gasteiger partial charge in [-0.15, -0.1) is 11.3 Å². The topological polar surface area (TPSA) is 90.1 Å². The van der Waals surface area contributed by atoms with Gasteiger partial charge in [0.25, 0.3) is 0 Å². The number of thiophene rings is 1. The molecule has 0 unspecified atom stereocenters. The number of primary amides is 1. The highest BCUT2D eigenvalue weighted by Crippen LogP contribution is 2.40. The Morgan fingerprint density at radius 3 is 2.34 bits per heavy atom. The maximum Gasteiger partial charge on any atom is 0.225 e. The van der Waals surface area contributed by atoms with Crippen molar-refractivity contribution in [3.8, 4) is 5.88 Å². The molecular formula is C22H38N4O2S. The van der Waals surface area contributed by atoms with Crippen molar-refractivity contribution in [2.45, 2.75) is 91.7 Å². The lowest BCUT2D eigenvalue weighted by Gasteiger charge is -2.28. The van der Waals surface area contributed by atoms with Gasteiger partial charge in [0, 0.05) is 17.8 Å². The first-order chi connectivity index (χ1) is 14.1. The Morgan fingerprint density at radius 1 is 1.14 bits per heavy atom. The van der Waals surface area contributed by atoms with E-state index in [0.717, 1.165) is 30.0 Å². The van der Waals surface area contributed by atoms with Crippen molar-refractivity contribution in [2.24, 2.45) is 5.73 Å². The number of fused-ring (bicyclic) bond motifs is 3. The van der Waals surface area contributed by atoms with Crippen LogP contribution < -0.4 is 15.8 Å². The van der Waals surface area contributed by atoms with Crippen LogP contribution in [0.2, 0.25) is 0 Å². The molecule has 2 heterocycles. The van der Waals surface area contributed by atoms with Gasteiger partial charge in [-0.1, -0.05) is 27.7 Å². The van der Waals surface area contributed by atoms with Crippen LogP contribution in [0, 0.1) is 0 Å². The van der Waals surface area contributed by atoms with Crippen molar-refractivity contribution in [1.82, 2.24) is 15.3 Å². The molecule has 2 aromatic heterocycles.